The number of rotatable bonds is 3. The molecular weight excluding hydrogens is 415 g/mol. The molecule has 1 fully saturated rings. The van der Waals surface area contributed by atoms with Crippen molar-refractivity contribution in [2.75, 3.05) is 36.0 Å². The molecule has 0 atom stereocenters. The fourth-order valence-electron chi connectivity index (χ4n) is 3.41. The molecule has 0 amide bonds. The van der Waals surface area contributed by atoms with Crippen molar-refractivity contribution in [2.24, 2.45) is 0 Å². The average molecular weight is 431 g/mol. The number of aryl methyl sites for hydroxylation is 1. The first-order chi connectivity index (χ1) is 14.1. The Kier molecular flexibility index (Phi) is 4.48. The first-order valence-electron chi connectivity index (χ1n) is 9.04. The molecule has 29 heavy (non-hydrogen) atoms. The van der Waals surface area contributed by atoms with Gasteiger partial charge in [-0.15, -0.1) is 0 Å². The number of anilines is 2. The molecule has 4 heterocycles. The third kappa shape index (κ3) is 3.47. The van der Waals surface area contributed by atoms with Crippen LogP contribution in [0.25, 0.3) is 17.2 Å². The van der Waals surface area contributed by atoms with Crippen LogP contribution in [0.5, 0.6) is 0 Å². The van der Waals surface area contributed by atoms with E-state index in [-0.39, 0.29) is 0 Å². The lowest BCUT2D eigenvalue weighted by atomic mass is 10.2. The monoisotopic (exact) mass is 430 g/mol. The molecule has 0 N–H and O–H groups in total. The van der Waals surface area contributed by atoms with E-state index in [0.717, 1.165) is 43.3 Å². The number of nitrogens with zero attached hydrogens (tertiary/aromatic N) is 8. The maximum absolute atomic E-state index is 6.07. The Balaban J connectivity index is 1.33. The lowest BCUT2D eigenvalue weighted by Crippen LogP contribution is -2.47. The van der Waals surface area contributed by atoms with Crippen LogP contribution in [-0.4, -0.2) is 55.9 Å². The number of piperazine rings is 1. The number of fused-ring (bicyclic) bond motifs is 1. The van der Waals surface area contributed by atoms with Gasteiger partial charge in [0.25, 0.3) is 5.78 Å². The van der Waals surface area contributed by atoms with Gasteiger partial charge in [-0.3, -0.25) is 0 Å². The predicted octanol–water partition coefficient (Wildman–Crippen LogP) is 3.12. The average Bonchev–Trinajstić information content (AvgIpc) is 3.36. The van der Waals surface area contributed by atoms with E-state index < -0.39 is 0 Å². The molecule has 0 bridgehead atoms. The molecule has 5 rings (SSSR count). The van der Waals surface area contributed by atoms with Gasteiger partial charge in [0.1, 0.15) is 12.1 Å². The molecule has 0 unspecified atom stereocenters. The Hall–Kier alpha value is -2.91. The minimum atomic E-state index is 0.459. The second-order valence-corrected chi connectivity index (χ2v) is 7.63. The Morgan fingerprint density at radius 2 is 1.66 bits per heavy atom. The zero-order valence-electron chi connectivity index (χ0n) is 15.5. The Morgan fingerprint density at radius 3 is 2.41 bits per heavy atom. The van der Waals surface area contributed by atoms with Gasteiger partial charge in [-0.25, -0.2) is 4.98 Å². The number of halogens is 2. The molecule has 0 saturated carbocycles. The fourth-order valence-corrected chi connectivity index (χ4v) is 3.93. The summed E-state index contributed by atoms with van der Waals surface area (Å²) < 4.78 is 7.24. The zero-order valence-corrected chi connectivity index (χ0v) is 17.0. The van der Waals surface area contributed by atoms with Crippen molar-refractivity contribution in [1.29, 1.82) is 0 Å². The molecule has 1 aliphatic heterocycles. The zero-order chi connectivity index (χ0) is 20.0. The molecule has 1 aliphatic rings. The summed E-state index contributed by atoms with van der Waals surface area (Å²) in [4.78, 5) is 17.4. The van der Waals surface area contributed by atoms with Crippen LogP contribution in [0.4, 0.5) is 11.8 Å². The summed E-state index contributed by atoms with van der Waals surface area (Å²) in [5, 5.41) is 9.42. The van der Waals surface area contributed by atoms with Crippen LogP contribution < -0.4 is 9.80 Å². The summed E-state index contributed by atoms with van der Waals surface area (Å²) in [5.74, 6) is 2.04. The van der Waals surface area contributed by atoms with Crippen LogP contribution in [0.1, 0.15) is 5.69 Å². The van der Waals surface area contributed by atoms with Crippen molar-refractivity contribution in [1.82, 2.24) is 29.7 Å². The molecule has 1 saturated heterocycles. The maximum atomic E-state index is 6.07. The smallest absolute Gasteiger partial charge is 0.324 e. The van der Waals surface area contributed by atoms with Crippen molar-refractivity contribution < 1.29 is 4.52 Å². The fraction of sp³-hybridized carbons (Fsp3) is 0.278. The van der Waals surface area contributed by atoms with Crippen LogP contribution in [0.3, 0.4) is 0 Å². The van der Waals surface area contributed by atoms with Crippen LogP contribution >= 0.6 is 23.2 Å². The van der Waals surface area contributed by atoms with Gasteiger partial charge in [0.2, 0.25) is 5.82 Å². The van der Waals surface area contributed by atoms with Gasteiger partial charge in [0.05, 0.1) is 0 Å². The molecule has 11 heteroatoms. The van der Waals surface area contributed by atoms with Gasteiger partial charge in [-0.1, -0.05) is 28.4 Å². The van der Waals surface area contributed by atoms with Crippen molar-refractivity contribution in [3.05, 3.63) is 46.3 Å². The van der Waals surface area contributed by atoms with Gasteiger partial charge < -0.3 is 14.3 Å². The first kappa shape index (κ1) is 18.1. The molecule has 1 aromatic carbocycles. The van der Waals surface area contributed by atoms with E-state index >= 15 is 0 Å². The van der Waals surface area contributed by atoms with Crippen molar-refractivity contribution in [3.8, 4) is 11.4 Å². The third-order valence-electron chi connectivity index (χ3n) is 4.77. The highest BCUT2D eigenvalue weighted by Gasteiger charge is 2.24. The van der Waals surface area contributed by atoms with Crippen LogP contribution in [0.15, 0.2) is 35.1 Å². The van der Waals surface area contributed by atoms with E-state index in [1.54, 1.807) is 22.7 Å². The van der Waals surface area contributed by atoms with Gasteiger partial charge in [0, 0.05) is 53.5 Å². The predicted molar refractivity (Wildman–Crippen MR) is 110 cm³/mol. The van der Waals surface area contributed by atoms with E-state index in [2.05, 4.69) is 35.0 Å². The highest BCUT2D eigenvalue weighted by molar-refractivity contribution is 6.35. The summed E-state index contributed by atoms with van der Waals surface area (Å²) in [6.45, 7) is 4.97. The number of hydrogen-bond donors (Lipinski definition) is 0. The van der Waals surface area contributed by atoms with Crippen molar-refractivity contribution in [2.45, 2.75) is 6.92 Å². The number of aromatic nitrogens is 6. The summed E-state index contributed by atoms with van der Waals surface area (Å²) >= 11 is 12.1. The van der Waals surface area contributed by atoms with Crippen molar-refractivity contribution >= 4 is 40.8 Å². The SMILES string of the molecule is Cc1cc(N2CCN(c3nc(-c4cc(Cl)cc(Cl)c4)no3)CC2)n2ncnc2n1. The van der Waals surface area contributed by atoms with E-state index in [4.69, 9.17) is 27.7 Å². The number of benzene rings is 1. The molecule has 3 aromatic heterocycles. The minimum Gasteiger partial charge on any atom is -0.353 e. The van der Waals surface area contributed by atoms with E-state index in [9.17, 15) is 0 Å². The molecule has 0 radical (unpaired) electrons. The Labute approximate surface area is 175 Å². The molecule has 0 spiro atoms. The summed E-state index contributed by atoms with van der Waals surface area (Å²) in [6.07, 6.45) is 1.52. The highest BCUT2D eigenvalue weighted by Crippen LogP contribution is 2.27. The molecule has 0 aliphatic carbocycles. The molecule has 9 nitrogen and oxygen atoms in total. The topological polar surface area (TPSA) is 88.5 Å². The minimum absolute atomic E-state index is 0.459. The summed E-state index contributed by atoms with van der Waals surface area (Å²) in [6, 6.07) is 7.68. The Morgan fingerprint density at radius 1 is 0.931 bits per heavy atom. The highest BCUT2D eigenvalue weighted by atomic mass is 35.5. The lowest BCUT2D eigenvalue weighted by Gasteiger charge is -2.34. The van der Waals surface area contributed by atoms with Crippen LogP contribution in [0, 0.1) is 6.92 Å². The van der Waals surface area contributed by atoms with E-state index in [1.165, 1.54) is 6.33 Å². The lowest BCUT2D eigenvalue weighted by molar-refractivity contribution is 0.409. The van der Waals surface area contributed by atoms with Gasteiger partial charge in [-0.05, 0) is 25.1 Å². The van der Waals surface area contributed by atoms with Crippen LogP contribution in [-0.2, 0) is 0 Å². The van der Waals surface area contributed by atoms with Gasteiger partial charge in [-0.2, -0.15) is 19.6 Å². The van der Waals surface area contributed by atoms with E-state index in [1.807, 2.05) is 13.0 Å². The standard InChI is InChI=1S/C18H16Cl2N8O/c1-11-6-15(28-17(23-11)21-10-22-28)26-2-4-27(5-3-26)18-24-16(25-29-18)12-7-13(19)9-14(20)8-12/h6-10H,2-5H2,1H3. The second kappa shape index (κ2) is 7.16. The summed E-state index contributed by atoms with van der Waals surface area (Å²) in [5.41, 5.74) is 1.63. The van der Waals surface area contributed by atoms with Gasteiger partial charge >= 0.3 is 6.01 Å². The van der Waals surface area contributed by atoms with Crippen molar-refractivity contribution in [3.63, 3.8) is 0 Å². The quantitative estimate of drug-likeness (QED) is 0.489. The number of hydrogen-bond acceptors (Lipinski definition) is 8. The molecule has 4 aromatic rings. The normalized spacial score (nSPS) is 14.7. The summed E-state index contributed by atoms with van der Waals surface area (Å²) in [7, 11) is 0. The van der Waals surface area contributed by atoms with Gasteiger partial charge in [0.15, 0.2) is 0 Å². The molecule has 148 valence electrons. The largest absolute Gasteiger partial charge is 0.353 e. The molecular formula is C18H16Cl2N8O. The first-order valence-corrected chi connectivity index (χ1v) is 9.80. The Bertz CT molecular complexity index is 1160. The van der Waals surface area contributed by atoms with E-state index in [0.29, 0.717) is 27.7 Å². The maximum Gasteiger partial charge on any atom is 0.324 e. The third-order valence-corrected chi connectivity index (χ3v) is 5.21. The second-order valence-electron chi connectivity index (χ2n) is 6.76. The van der Waals surface area contributed by atoms with Crippen LogP contribution in [0.2, 0.25) is 10.0 Å².